The Kier molecular flexibility index (Phi) is 4.45. The Morgan fingerprint density at radius 1 is 1.06 bits per heavy atom. The predicted molar refractivity (Wildman–Crippen MR) is 72.2 cm³/mol. The van der Waals surface area contributed by atoms with E-state index >= 15 is 0 Å². The summed E-state index contributed by atoms with van der Waals surface area (Å²) in [6.07, 6.45) is 3.58. The van der Waals surface area contributed by atoms with Crippen LogP contribution in [0.15, 0.2) is 54.9 Å². The molecule has 0 aliphatic rings. The molecule has 2 unspecified atom stereocenters. The highest BCUT2D eigenvalue weighted by molar-refractivity contribution is 5.30. The lowest BCUT2D eigenvalue weighted by molar-refractivity contribution is 0.245. The van der Waals surface area contributed by atoms with Crippen LogP contribution in [0.3, 0.4) is 0 Å². The molecule has 1 aromatic heterocycles. The van der Waals surface area contributed by atoms with Crippen molar-refractivity contribution >= 4 is 0 Å². The number of hydrogen-bond acceptors (Lipinski definition) is 3. The predicted octanol–water partition coefficient (Wildman–Crippen LogP) is 2.14. The van der Waals surface area contributed by atoms with Gasteiger partial charge in [-0.25, -0.2) is 0 Å². The van der Waals surface area contributed by atoms with Crippen LogP contribution in [-0.2, 0) is 0 Å². The normalized spacial score (nSPS) is 14.1. The van der Waals surface area contributed by atoms with Gasteiger partial charge in [0, 0.05) is 18.4 Å². The van der Waals surface area contributed by atoms with Crippen molar-refractivity contribution in [3.8, 4) is 0 Å². The average molecular weight is 242 g/mol. The van der Waals surface area contributed by atoms with E-state index in [1.807, 2.05) is 37.3 Å². The molecule has 94 valence electrons. The van der Waals surface area contributed by atoms with Gasteiger partial charge in [-0.2, -0.15) is 0 Å². The monoisotopic (exact) mass is 242 g/mol. The number of rotatable bonds is 5. The first-order chi connectivity index (χ1) is 8.81. The van der Waals surface area contributed by atoms with Crippen molar-refractivity contribution in [2.45, 2.75) is 19.0 Å². The van der Waals surface area contributed by atoms with E-state index in [4.69, 9.17) is 0 Å². The van der Waals surface area contributed by atoms with Crippen LogP contribution in [0.5, 0.6) is 0 Å². The second kappa shape index (κ2) is 6.28. The molecule has 18 heavy (non-hydrogen) atoms. The van der Waals surface area contributed by atoms with Crippen molar-refractivity contribution in [1.82, 2.24) is 10.3 Å². The lowest BCUT2D eigenvalue weighted by Crippen LogP contribution is -2.33. The van der Waals surface area contributed by atoms with Gasteiger partial charge in [-0.1, -0.05) is 30.3 Å². The maximum absolute atomic E-state index is 9.20. The van der Waals surface area contributed by atoms with Crippen molar-refractivity contribution in [1.29, 1.82) is 0 Å². The molecule has 0 spiro atoms. The summed E-state index contributed by atoms with van der Waals surface area (Å²) in [6, 6.07) is 14.3. The third-order valence-electron chi connectivity index (χ3n) is 2.90. The number of benzene rings is 1. The molecule has 0 saturated heterocycles. The average Bonchev–Trinajstić information content (AvgIpc) is 2.46. The molecule has 2 N–H and O–H groups in total. The van der Waals surface area contributed by atoms with Crippen molar-refractivity contribution in [2.24, 2.45) is 0 Å². The molecule has 2 atom stereocenters. The molecule has 1 heterocycles. The highest BCUT2D eigenvalue weighted by atomic mass is 16.3. The minimum absolute atomic E-state index is 0.0448. The highest BCUT2D eigenvalue weighted by Crippen LogP contribution is 2.21. The molecule has 0 radical (unpaired) electrons. The van der Waals surface area contributed by atoms with Gasteiger partial charge < -0.3 is 10.4 Å². The van der Waals surface area contributed by atoms with Gasteiger partial charge in [-0.15, -0.1) is 0 Å². The molecule has 3 nitrogen and oxygen atoms in total. The van der Waals surface area contributed by atoms with E-state index in [1.54, 1.807) is 12.4 Å². The second-order valence-corrected chi connectivity index (χ2v) is 4.37. The zero-order valence-electron chi connectivity index (χ0n) is 10.5. The van der Waals surface area contributed by atoms with Gasteiger partial charge in [-0.3, -0.25) is 4.98 Å². The fraction of sp³-hybridized carbons (Fsp3) is 0.267. The molecule has 0 aliphatic carbocycles. The summed E-state index contributed by atoms with van der Waals surface area (Å²) in [5.41, 5.74) is 2.33. The standard InChI is InChI=1S/C15H18N2O/c1-12(11-18)17-15(13-5-3-2-4-6-13)14-7-9-16-10-8-14/h2-10,12,15,17-18H,11H2,1H3. The summed E-state index contributed by atoms with van der Waals surface area (Å²) in [7, 11) is 0. The van der Waals surface area contributed by atoms with Gasteiger partial charge in [0.2, 0.25) is 0 Å². The van der Waals surface area contributed by atoms with E-state index in [9.17, 15) is 5.11 Å². The smallest absolute Gasteiger partial charge is 0.0582 e. The third-order valence-corrected chi connectivity index (χ3v) is 2.90. The Bertz CT molecular complexity index is 419. The fourth-order valence-electron chi connectivity index (χ4n) is 1.92. The molecule has 0 saturated carbocycles. The summed E-state index contributed by atoms with van der Waals surface area (Å²) < 4.78 is 0. The van der Waals surface area contributed by atoms with Crippen molar-refractivity contribution < 1.29 is 5.11 Å². The first-order valence-corrected chi connectivity index (χ1v) is 6.13. The number of aromatic nitrogens is 1. The maximum atomic E-state index is 9.20. The molecular formula is C15H18N2O. The van der Waals surface area contributed by atoms with Crippen LogP contribution < -0.4 is 5.32 Å². The summed E-state index contributed by atoms with van der Waals surface area (Å²) in [5.74, 6) is 0. The zero-order valence-corrected chi connectivity index (χ0v) is 10.5. The SMILES string of the molecule is CC(CO)NC(c1ccccc1)c1ccncc1. The van der Waals surface area contributed by atoms with Crippen molar-refractivity contribution in [3.63, 3.8) is 0 Å². The van der Waals surface area contributed by atoms with Crippen LogP contribution in [0.1, 0.15) is 24.1 Å². The van der Waals surface area contributed by atoms with E-state index in [-0.39, 0.29) is 18.7 Å². The van der Waals surface area contributed by atoms with E-state index < -0.39 is 0 Å². The highest BCUT2D eigenvalue weighted by Gasteiger charge is 2.15. The Hall–Kier alpha value is -1.71. The molecule has 2 rings (SSSR count). The van der Waals surface area contributed by atoms with Crippen LogP contribution >= 0.6 is 0 Å². The zero-order chi connectivity index (χ0) is 12.8. The van der Waals surface area contributed by atoms with Gasteiger partial charge in [0.15, 0.2) is 0 Å². The summed E-state index contributed by atoms with van der Waals surface area (Å²) >= 11 is 0. The lowest BCUT2D eigenvalue weighted by atomic mass is 9.99. The fourth-order valence-corrected chi connectivity index (χ4v) is 1.92. The van der Waals surface area contributed by atoms with Crippen molar-refractivity contribution in [2.75, 3.05) is 6.61 Å². The summed E-state index contributed by atoms with van der Waals surface area (Å²) in [6.45, 7) is 2.09. The molecule has 0 amide bonds. The Morgan fingerprint density at radius 3 is 2.28 bits per heavy atom. The second-order valence-electron chi connectivity index (χ2n) is 4.37. The van der Waals surface area contributed by atoms with E-state index in [0.717, 1.165) is 5.56 Å². The van der Waals surface area contributed by atoms with E-state index in [0.29, 0.717) is 0 Å². The number of pyridine rings is 1. The van der Waals surface area contributed by atoms with Gasteiger partial charge in [0.1, 0.15) is 0 Å². The van der Waals surface area contributed by atoms with E-state index in [2.05, 4.69) is 22.4 Å². The number of aliphatic hydroxyl groups excluding tert-OH is 1. The lowest BCUT2D eigenvalue weighted by Gasteiger charge is -2.23. The molecule has 0 aliphatic heterocycles. The van der Waals surface area contributed by atoms with Crippen LogP contribution in [0.4, 0.5) is 0 Å². The van der Waals surface area contributed by atoms with Gasteiger partial charge in [0.05, 0.1) is 12.6 Å². The van der Waals surface area contributed by atoms with Gasteiger partial charge in [0.25, 0.3) is 0 Å². The largest absolute Gasteiger partial charge is 0.395 e. The molecule has 2 aromatic rings. The number of hydrogen-bond donors (Lipinski definition) is 2. The van der Waals surface area contributed by atoms with E-state index in [1.165, 1.54) is 5.56 Å². The number of nitrogens with zero attached hydrogens (tertiary/aromatic N) is 1. The number of nitrogens with one attached hydrogen (secondary N) is 1. The maximum Gasteiger partial charge on any atom is 0.0582 e. The first kappa shape index (κ1) is 12.7. The molecule has 3 heteroatoms. The van der Waals surface area contributed by atoms with Crippen LogP contribution in [0.25, 0.3) is 0 Å². The van der Waals surface area contributed by atoms with Crippen molar-refractivity contribution in [3.05, 3.63) is 66.0 Å². The minimum atomic E-state index is 0.0448. The topological polar surface area (TPSA) is 45.1 Å². The summed E-state index contributed by atoms with van der Waals surface area (Å²) in [5, 5.41) is 12.6. The van der Waals surface area contributed by atoms with Crippen LogP contribution in [0, 0.1) is 0 Å². The Labute approximate surface area is 108 Å². The first-order valence-electron chi connectivity index (χ1n) is 6.13. The third kappa shape index (κ3) is 3.15. The van der Waals surface area contributed by atoms with Gasteiger partial charge >= 0.3 is 0 Å². The molecule has 0 fully saturated rings. The molecule has 0 bridgehead atoms. The molecular weight excluding hydrogens is 224 g/mol. The number of aliphatic hydroxyl groups is 1. The Morgan fingerprint density at radius 2 is 1.67 bits per heavy atom. The quantitative estimate of drug-likeness (QED) is 0.844. The van der Waals surface area contributed by atoms with Crippen LogP contribution in [-0.4, -0.2) is 22.7 Å². The Balaban J connectivity index is 2.29. The molecule has 1 aromatic carbocycles. The summed E-state index contributed by atoms with van der Waals surface area (Å²) in [4.78, 5) is 4.04. The van der Waals surface area contributed by atoms with Gasteiger partial charge in [-0.05, 0) is 30.2 Å². The minimum Gasteiger partial charge on any atom is -0.395 e. The van der Waals surface area contributed by atoms with Crippen LogP contribution in [0.2, 0.25) is 0 Å².